The Morgan fingerprint density at radius 3 is 2.47 bits per heavy atom. The molecule has 0 atom stereocenters. The Morgan fingerprint density at radius 1 is 1.29 bits per heavy atom. The molecule has 0 N–H and O–H groups in total. The minimum Gasteiger partial charge on any atom is -0.294 e. The fraction of sp³-hybridized carbons (Fsp3) is 0.167. The van der Waals surface area contributed by atoms with Crippen LogP contribution in [0.2, 0.25) is 0 Å². The summed E-state index contributed by atoms with van der Waals surface area (Å²) in [4.78, 5) is 11.0. The van der Waals surface area contributed by atoms with Crippen LogP contribution >= 0.6 is 0 Å². The van der Waals surface area contributed by atoms with E-state index in [0.717, 1.165) is 6.07 Å². The molecule has 5 heteroatoms. The van der Waals surface area contributed by atoms with Gasteiger partial charge >= 0.3 is 0 Å². The molecular weight excluding hydrogens is 226 g/mol. The number of nitrogens with zero attached hydrogens (tertiary/aromatic N) is 2. The van der Waals surface area contributed by atoms with Crippen LogP contribution in [0.15, 0.2) is 30.6 Å². The molecule has 0 saturated carbocycles. The van der Waals surface area contributed by atoms with Gasteiger partial charge in [-0.2, -0.15) is 5.10 Å². The van der Waals surface area contributed by atoms with Crippen LogP contribution in [-0.2, 0) is 6.54 Å². The number of halogens is 2. The zero-order valence-corrected chi connectivity index (χ0v) is 9.15. The summed E-state index contributed by atoms with van der Waals surface area (Å²) in [5, 5.41) is 3.94. The molecule has 88 valence electrons. The third kappa shape index (κ3) is 2.75. The van der Waals surface area contributed by atoms with Crippen molar-refractivity contribution >= 4 is 5.78 Å². The first-order valence-electron chi connectivity index (χ1n) is 5.03. The SMILES string of the molecule is CC(=O)c1cnn(Cc2cc(F)cc(F)c2)c1. The number of benzene rings is 1. The van der Waals surface area contributed by atoms with Gasteiger partial charge in [-0.05, 0) is 24.6 Å². The normalized spacial score (nSPS) is 10.5. The van der Waals surface area contributed by atoms with E-state index in [2.05, 4.69) is 5.10 Å². The third-order valence-corrected chi connectivity index (χ3v) is 2.31. The number of carbonyl (C=O) groups is 1. The summed E-state index contributed by atoms with van der Waals surface area (Å²) >= 11 is 0. The predicted molar refractivity (Wildman–Crippen MR) is 57.7 cm³/mol. The predicted octanol–water partition coefficient (Wildman–Crippen LogP) is 2.41. The van der Waals surface area contributed by atoms with Gasteiger partial charge in [0.1, 0.15) is 11.6 Å². The van der Waals surface area contributed by atoms with E-state index in [0.29, 0.717) is 11.1 Å². The summed E-state index contributed by atoms with van der Waals surface area (Å²) in [6.07, 6.45) is 2.98. The molecule has 0 unspecified atom stereocenters. The maximum atomic E-state index is 12.9. The van der Waals surface area contributed by atoms with Crippen LogP contribution in [0.1, 0.15) is 22.8 Å². The molecule has 0 fully saturated rings. The molecule has 2 rings (SSSR count). The molecule has 1 aromatic carbocycles. The standard InChI is InChI=1S/C12H10F2N2O/c1-8(17)10-5-15-16(7-10)6-9-2-11(13)4-12(14)3-9/h2-5,7H,6H2,1H3. The number of hydrogen-bond donors (Lipinski definition) is 0. The van der Waals surface area contributed by atoms with Gasteiger partial charge in [0.15, 0.2) is 5.78 Å². The van der Waals surface area contributed by atoms with Gasteiger partial charge in [-0.15, -0.1) is 0 Å². The van der Waals surface area contributed by atoms with E-state index in [1.54, 1.807) is 6.20 Å². The molecular formula is C12H10F2N2O. The molecule has 0 aliphatic rings. The van der Waals surface area contributed by atoms with E-state index >= 15 is 0 Å². The van der Waals surface area contributed by atoms with Gasteiger partial charge in [-0.1, -0.05) is 0 Å². The average Bonchev–Trinajstić information content (AvgIpc) is 2.64. The Balaban J connectivity index is 2.22. The van der Waals surface area contributed by atoms with Crippen molar-refractivity contribution in [2.45, 2.75) is 13.5 Å². The van der Waals surface area contributed by atoms with E-state index in [9.17, 15) is 13.6 Å². The fourth-order valence-electron chi connectivity index (χ4n) is 1.52. The van der Waals surface area contributed by atoms with Crippen LogP contribution in [0.3, 0.4) is 0 Å². The molecule has 0 spiro atoms. The summed E-state index contributed by atoms with van der Waals surface area (Å²) in [5.41, 5.74) is 0.933. The van der Waals surface area contributed by atoms with Gasteiger partial charge in [-0.3, -0.25) is 9.48 Å². The van der Waals surface area contributed by atoms with Crippen LogP contribution in [0.25, 0.3) is 0 Å². The Bertz CT molecular complexity index is 543. The monoisotopic (exact) mass is 236 g/mol. The van der Waals surface area contributed by atoms with Gasteiger partial charge in [0.2, 0.25) is 0 Å². The second-order valence-corrected chi connectivity index (χ2v) is 3.76. The van der Waals surface area contributed by atoms with Crippen LogP contribution < -0.4 is 0 Å². The molecule has 0 amide bonds. The molecule has 0 bridgehead atoms. The lowest BCUT2D eigenvalue weighted by Gasteiger charge is -2.02. The minimum absolute atomic E-state index is 0.0957. The van der Waals surface area contributed by atoms with Crippen LogP contribution in [0.4, 0.5) is 8.78 Å². The van der Waals surface area contributed by atoms with Crippen molar-refractivity contribution in [2.24, 2.45) is 0 Å². The van der Waals surface area contributed by atoms with Gasteiger partial charge in [0.25, 0.3) is 0 Å². The first-order chi connectivity index (χ1) is 8.04. The molecule has 2 aromatic rings. The Labute approximate surface area is 96.7 Å². The Morgan fingerprint density at radius 2 is 1.94 bits per heavy atom. The molecule has 17 heavy (non-hydrogen) atoms. The minimum atomic E-state index is -0.626. The zero-order chi connectivity index (χ0) is 12.4. The van der Waals surface area contributed by atoms with Gasteiger partial charge < -0.3 is 0 Å². The lowest BCUT2D eigenvalue weighted by Crippen LogP contribution is -2.01. The highest BCUT2D eigenvalue weighted by molar-refractivity contribution is 5.93. The summed E-state index contributed by atoms with van der Waals surface area (Å²) in [6, 6.07) is 3.28. The first kappa shape index (κ1) is 11.4. The van der Waals surface area contributed by atoms with Gasteiger partial charge in [0, 0.05) is 12.3 Å². The van der Waals surface area contributed by atoms with Gasteiger partial charge in [-0.25, -0.2) is 8.78 Å². The average molecular weight is 236 g/mol. The van der Waals surface area contributed by atoms with Crippen molar-refractivity contribution in [3.05, 3.63) is 53.4 Å². The van der Waals surface area contributed by atoms with E-state index in [1.807, 2.05) is 0 Å². The number of Topliss-reactive ketones (excluding diaryl/α,β-unsaturated/α-hetero) is 1. The lowest BCUT2D eigenvalue weighted by molar-refractivity contribution is 0.101. The second-order valence-electron chi connectivity index (χ2n) is 3.76. The lowest BCUT2D eigenvalue weighted by atomic mass is 10.2. The summed E-state index contributed by atoms with van der Waals surface area (Å²) in [5.74, 6) is -1.35. The van der Waals surface area contributed by atoms with Crippen LogP contribution in [0, 0.1) is 11.6 Å². The van der Waals surface area contributed by atoms with E-state index < -0.39 is 11.6 Å². The fourth-order valence-corrected chi connectivity index (χ4v) is 1.52. The van der Waals surface area contributed by atoms with Crippen LogP contribution in [0.5, 0.6) is 0 Å². The van der Waals surface area contributed by atoms with Crippen molar-refractivity contribution in [3.63, 3.8) is 0 Å². The zero-order valence-electron chi connectivity index (χ0n) is 9.15. The van der Waals surface area contributed by atoms with E-state index in [4.69, 9.17) is 0 Å². The highest BCUT2D eigenvalue weighted by Crippen LogP contribution is 2.10. The number of aromatic nitrogens is 2. The number of carbonyl (C=O) groups excluding carboxylic acids is 1. The summed E-state index contributed by atoms with van der Waals surface area (Å²) in [7, 11) is 0. The van der Waals surface area contributed by atoms with Crippen molar-refractivity contribution in [3.8, 4) is 0 Å². The number of rotatable bonds is 3. The van der Waals surface area contributed by atoms with Crippen molar-refractivity contribution in [1.29, 1.82) is 0 Å². The topological polar surface area (TPSA) is 34.9 Å². The molecule has 0 aliphatic heterocycles. The highest BCUT2D eigenvalue weighted by Gasteiger charge is 2.05. The first-order valence-corrected chi connectivity index (χ1v) is 5.03. The van der Waals surface area contributed by atoms with E-state index in [-0.39, 0.29) is 12.3 Å². The Kier molecular flexibility index (Phi) is 2.99. The molecule has 1 heterocycles. The molecule has 0 saturated heterocycles. The maximum Gasteiger partial charge on any atom is 0.162 e. The maximum absolute atomic E-state index is 12.9. The second kappa shape index (κ2) is 4.45. The molecule has 1 aromatic heterocycles. The largest absolute Gasteiger partial charge is 0.294 e. The van der Waals surface area contributed by atoms with E-state index in [1.165, 1.54) is 29.9 Å². The van der Waals surface area contributed by atoms with Crippen molar-refractivity contribution in [1.82, 2.24) is 9.78 Å². The highest BCUT2D eigenvalue weighted by atomic mass is 19.1. The number of hydrogen-bond acceptors (Lipinski definition) is 2. The smallest absolute Gasteiger partial charge is 0.162 e. The quantitative estimate of drug-likeness (QED) is 0.767. The molecule has 0 radical (unpaired) electrons. The summed E-state index contributed by atoms with van der Waals surface area (Å²) < 4.78 is 27.3. The third-order valence-electron chi connectivity index (χ3n) is 2.31. The van der Waals surface area contributed by atoms with Crippen molar-refractivity contribution < 1.29 is 13.6 Å². The Hall–Kier alpha value is -2.04. The molecule has 3 nitrogen and oxygen atoms in total. The van der Waals surface area contributed by atoms with Crippen molar-refractivity contribution in [2.75, 3.05) is 0 Å². The number of ketones is 1. The van der Waals surface area contributed by atoms with Crippen LogP contribution in [-0.4, -0.2) is 15.6 Å². The summed E-state index contributed by atoms with van der Waals surface area (Å²) in [6.45, 7) is 1.66. The molecule has 0 aliphatic carbocycles. The van der Waals surface area contributed by atoms with Gasteiger partial charge in [0.05, 0.1) is 18.3 Å².